The molecule has 0 fully saturated rings. The molecule has 1 N–H and O–H groups in total. The maximum Gasteiger partial charge on any atom is 0.347 e. The van der Waals surface area contributed by atoms with Crippen LogP contribution in [0.5, 0.6) is 11.5 Å². The Morgan fingerprint density at radius 2 is 1.64 bits per heavy atom. The van der Waals surface area contributed by atoms with Gasteiger partial charge in [0.25, 0.3) is 0 Å². The first-order valence-corrected chi connectivity index (χ1v) is 12.9. The third kappa shape index (κ3) is 6.44. The topological polar surface area (TPSA) is 97.5 Å². The number of benzene rings is 4. The maximum atomic E-state index is 13.1. The van der Waals surface area contributed by atoms with Gasteiger partial charge in [-0.25, -0.2) is 9.59 Å². The van der Waals surface area contributed by atoms with Gasteiger partial charge in [-0.3, -0.25) is 0 Å². The van der Waals surface area contributed by atoms with Gasteiger partial charge in [0, 0.05) is 5.39 Å². The number of hydrogen-bond donors (Lipinski definition) is 1. The lowest BCUT2D eigenvalue weighted by Crippen LogP contribution is -2.12. The molecule has 200 valence electrons. The van der Waals surface area contributed by atoms with Crippen LogP contribution in [-0.4, -0.2) is 29.5 Å². The van der Waals surface area contributed by atoms with E-state index in [0.717, 1.165) is 11.1 Å². The Bertz CT molecular complexity index is 1560. The van der Waals surface area contributed by atoms with Crippen molar-refractivity contribution < 1.29 is 24.2 Å². The van der Waals surface area contributed by atoms with Gasteiger partial charge >= 0.3 is 11.9 Å². The number of fused-ring (bicyclic) bond motifs is 1. The molecule has 0 spiro atoms. The number of phenolic OH excluding ortho intramolecular Hbond substituents is 1. The fourth-order valence-corrected chi connectivity index (χ4v) is 4.00. The normalized spacial score (nSPS) is 11.6. The van der Waals surface area contributed by atoms with Crippen LogP contribution in [0.2, 0.25) is 0 Å². The predicted octanol–water partition coefficient (Wildman–Crippen LogP) is 8.18. The smallest absolute Gasteiger partial charge is 0.347 e. The number of phenols is 1. The molecule has 4 aromatic rings. The van der Waals surface area contributed by atoms with E-state index in [1.54, 1.807) is 54.6 Å². The summed E-state index contributed by atoms with van der Waals surface area (Å²) in [6.45, 7) is 8.21. The second kappa shape index (κ2) is 11.7. The molecule has 0 aliphatic rings. The molecule has 0 saturated heterocycles. The van der Waals surface area contributed by atoms with Crippen molar-refractivity contribution >= 4 is 45.7 Å². The molecule has 8 heteroatoms. The number of rotatable bonds is 7. The second-order valence-corrected chi connectivity index (χ2v) is 10.4. The first-order valence-electron chi connectivity index (χ1n) is 12.4. The fourth-order valence-electron chi connectivity index (χ4n) is 3.92. The van der Waals surface area contributed by atoms with E-state index >= 15 is 0 Å². The van der Waals surface area contributed by atoms with Crippen LogP contribution in [0.25, 0.3) is 10.8 Å². The summed E-state index contributed by atoms with van der Waals surface area (Å²) in [4.78, 5) is 25.4. The van der Waals surface area contributed by atoms with Crippen LogP contribution in [0.15, 0.2) is 83.0 Å². The second-order valence-electron chi connectivity index (χ2n) is 10.0. The molecule has 4 aromatic carbocycles. The first kappa shape index (κ1) is 27.8. The number of halogens is 1. The van der Waals surface area contributed by atoms with Crippen molar-refractivity contribution in [3.63, 3.8) is 0 Å². The highest BCUT2D eigenvalue weighted by Gasteiger charge is 2.21. The number of aromatic hydroxyl groups is 1. The van der Waals surface area contributed by atoms with Gasteiger partial charge < -0.3 is 14.6 Å². The third-order valence-electron chi connectivity index (χ3n) is 6.16. The van der Waals surface area contributed by atoms with E-state index in [0.29, 0.717) is 27.8 Å². The molecule has 0 bridgehead atoms. The molecule has 0 amide bonds. The van der Waals surface area contributed by atoms with Crippen molar-refractivity contribution in [2.75, 3.05) is 12.5 Å². The minimum atomic E-state index is -0.724. The number of aryl methyl sites for hydroxylation is 1. The molecule has 0 radical (unpaired) electrons. The number of hydrogen-bond acceptors (Lipinski definition) is 7. The van der Waals surface area contributed by atoms with E-state index in [9.17, 15) is 14.7 Å². The van der Waals surface area contributed by atoms with Gasteiger partial charge in [0.2, 0.25) is 0 Å². The van der Waals surface area contributed by atoms with Crippen LogP contribution >= 0.6 is 11.6 Å². The van der Waals surface area contributed by atoms with Crippen molar-refractivity contribution in [1.82, 2.24) is 0 Å². The van der Waals surface area contributed by atoms with E-state index in [4.69, 9.17) is 21.1 Å². The number of ether oxygens (including phenoxy) is 2. The summed E-state index contributed by atoms with van der Waals surface area (Å²) in [6.07, 6.45) is 0. The summed E-state index contributed by atoms with van der Waals surface area (Å²) in [5.41, 5.74) is 2.59. The molecule has 0 aliphatic heterocycles. The van der Waals surface area contributed by atoms with Crippen molar-refractivity contribution in [2.24, 2.45) is 10.2 Å². The summed E-state index contributed by atoms with van der Waals surface area (Å²) in [6, 6.07) is 20.9. The summed E-state index contributed by atoms with van der Waals surface area (Å²) < 4.78 is 10.7. The van der Waals surface area contributed by atoms with Gasteiger partial charge in [-0.2, -0.15) is 5.11 Å². The average Bonchev–Trinajstić information content (AvgIpc) is 2.91. The zero-order valence-corrected chi connectivity index (χ0v) is 23.0. The van der Waals surface area contributed by atoms with Gasteiger partial charge in [0.15, 0.2) is 5.75 Å². The Morgan fingerprint density at radius 1 is 0.923 bits per heavy atom. The third-order valence-corrected chi connectivity index (χ3v) is 6.31. The molecule has 39 heavy (non-hydrogen) atoms. The molecule has 7 nitrogen and oxygen atoms in total. The van der Waals surface area contributed by atoms with E-state index in [2.05, 4.69) is 31.0 Å². The number of carbonyl (C=O) groups is 2. The highest BCUT2D eigenvalue weighted by atomic mass is 35.5. The lowest BCUT2D eigenvalue weighted by Gasteiger charge is -2.19. The van der Waals surface area contributed by atoms with E-state index in [-0.39, 0.29) is 34.9 Å². The molecule has 0 atom stereocenters. The van der Waals surface area contributed by atoms with Gasteiger partial charge in [0.05, 0.1) is 17.1 Å². The van der Waals surface area contributed by atoms with Crippen molar-refractivity contribution in [3.8, 4) is 11.5 Å². The number of esters is 2. The van der Waals surface area contributed by atoms with E-state index in [1.165, 1.54) is 0 Å². The minimum absolute atomic E-state index is 0.0402. The quantitative estimate of drug-likeness (QED) is 0.109. The van der Waals surface area contributed by atoms with Gasteiger partial charge in [-0.15, -0.1) is 16.7 Å². The molecular weight excluding hydrogens is 516 g/mol. The highest BCUT2D eigenvalue weighted by molar-refractivity contribution is 6.18. The van der Waals surface area contributed by atoms with Crippen LogP contribution in [0.1, 0.15) is 52.6 Å². The molecule has 0 aliphatic carbocycles. The van der Waals surface area contributed by atoms with Crippen molar-refractivity contribution in [3.05, 3.63) is 95.1 Å². The molecule has 0 heterocycles. The Labute approximate surface area is 232 Å². The van der Waals surface area contributed by atoms with Gasteiger partial charge in [-0.05, 0) is 59.2 Å². The summed E-state index contributed by atoms with van der Waals surface area (Å²) >= 11 is 5.61. The number of azo groups is 1. The fraction of sp³-hybridized carbons (Fsp3) is 0.226. The Balaban J connectivity index is 1.69. The maximum absolute atomic E-state index is 13.1. The highest BCUT2D eigenvalue weighted by Crippen LogP contribution is 2.40. The number of alkyl halides is 1. The minimum Gasteiger partial charge on any atom is -0.505 e. The Morgan fingerprint density at radius 3 is 2.33 bits per heavy atom. The number of carbonyl (C=O) groups excluding carboxylic acids is 2. The SMILES string of the molecule is Cc1ccc(C(=O)OCCCl)cc1N=Nc1c(O)c(C(=O)Oc2ccc(C(C)(C)C)cc2)cc2ccccc12. The van der Waals surface area contributed by atoms with Crippen molar-refractivity contribution in [2.45, 2.75) is 33.1 Å². The average molecular weight is 545 g/mol. The Kier molecular flexibility index (Phi) is 8.31. The standard InChI is InChI=1S/C31H29ClN2O5/c1-19-9-10-21(29(36)38-16-15-32)18-26(19)33-34-27-24-8-6-5-7-20(24)17-25(28(27)35)30(37)39-23-13-11-22(12-14-23)31(2,3)4/h5-14,17-18,35H,15-16H2,1-4H3. The van der Waals surface area contributed by atoms with Gasteiger partial charge in [-0.1, -0.05) is 63.2 Å². The Hall–Kier alpha value is -4.23. The van der Waals surface area contributed by atoms with Gasteiger partial charge in [0.1, 0.15) is 23.6 Å². The molecule has 4 rings (SSSR count). The van der Waals surface area contributed by atoms with Crippen LogP contribution < -0.4 is 4.74 Å². The lowest BCUT2D eigenvalue weighted by molar-refractivity contribution is 0.0528. The zero-order valence-electron chi connectivity index (χ0n) is 22.2. The lowest BCUT2D eigenvalue weighted by atomic mass is 9.87. The van der Waals surface area contributed by atoms with Crippen LogP contribution in [0.4, 0.5) is 11.4 Å². The summed E-state index contributed by atoms with van der Waals surface area (Å²) in [5.74, 6) is -1.06. The van der Waals surface area contributed by atoms with Crippen LogP contribution in [0, 0.1) is 6.92 Å². The van der Waals surface area contributed by atoms with E-state index < -0.39 is 11.9 Å². The first-order chi connectivity index (χ1) is 18.6. The summed E-state index contributed by atoms with van der Waals surface area (Å²) in [5, 5.41) is 21.0. The van der Waals surface area contributed by atoms with Crippen LogP contribution in [0.3, 0.4) is 0 Å². The van der Waals surface area contributed by atoms with E-state index in [1.807, 2.05) is 25.1 Å². The van der Waals surface area contributed by atoms with Crippen LogP contribution in [-0.2, 0) is 10.2 Å². The molecule has 0 unspecified atom stereocenters. The molecular formula is C31H29ClN2O5. The molecule has 0 aromatic heterocycles. The predicted molar refractivity (Wildman–Crippen MR) is 152 cm³/mol. The van der Waals surface area contributed by atoms with Crippen molar-refractivity contribution in [1.29, 1.82) is 0 Å². The monoisotopic (exact) mass is 544 g/mol. The largest absolute Gasteiger partial charge is 0.505 e. The molecule has 0 saturated carbocycles. The summed E-state index contributed by atoms with van der Waals surface area (Å²) in [7, 11) is 0. The number of nitrogens with zero attached hydrogens (tertiary/aromatic N) is 2. The zero-order chi connectivity index (χ0) is 28.2.